The zero-order valence-electron chi connectivity index (χ0n) is 10.9. The number of hydrogen-bond donors (Lipinski definition) is 2. The predicted octanol–water partition coefficient (Wildman–Crippen LogP) is 2.64. The van der Waals surface area contributed by atoms with Crippen LogP contribution in [-0.4, -0.2) is 23.3 Å². The fourth-order valence-electron chi connectivity index (χ4n) is 2.77. The molecule has 4 nitrogen and oxygen atoms in total. The number of carboxylic acids is 1. The first-order chi connectivity index (χ1) is 9.56. The standard InChI is InChI=1S/C15H14O4S/c1-19-10-3-2-9-4-6-15(18,12(9)8-10)13-11(14(16)17)5-7-20-13/h2-3,5,7-8,18H,4,6H2,1H3,(H,16,17). The van der Waals surface area contributed by atoms with Crippen molar-refractivity contribution in [1.82, 2.24) is 0 Å². The Morgan fingerprint density at radius 1 is 1.40 bits per heavy atom. The summed E-state index contributed by atoms with van der Waals surface area (Å²) in [5.74, 6) is -0.344. The normalized spacial score (nSPS) is 20.7. The van der Waals surface area contributed by atoms with Crippen molar-refractivity contribution in [1.29, 1.82) is 0 Å². The van der Waals surface area contributed by atoms with Crippen LogP contribution in [0.3, 0.4) is 0 Å². The zero-order chi connectivity index (χ0) is 14.3. The molecular weight excluding hydrogens is 276 g/mol. The largest absolute Gasteiger partial charge is 0.497 e. The number of ether oxygens (including phenoxy) is 1. The van der Waals surface area contributed by atoms with E-state index in [1.807, 2.05) is 12.1 Å². The fourth-order valence-corrected chi connectivity index (χ4v) is 3.80. The molecule has 0 fully saturated rings. The first-order valence-corrected chi connectivity index (χ1v) is 7.15. The summed E-state index contributed by atoms with van der Waals surface area (Å²) in [6.07, 6.45) is 1.23. The topological polar surface area (TPSA) is 66.8 Å². The third-order valence-electron chi connectivity index (χ3n) is 3.79. The second kappa shape index (κ2) is 4.61. The fraction of sp³-hybridized carbons (Fsp3) is 0.267. The van der Waals surface area contributed by atoms with Crippen LogP contribution in [-0.2, 0) is 12.0 Å². The van der Waals surface area contributed by atoms with E-state index in [2.05, 4.69) is 0 Å². The summed E-state index contributed by atoms with van der Waals surface area (Å²) >= 11 is 1.28. The number of aliphatic hydroxyl groups is 1. The first-order valence-electron chi connectivity index (χ1n) is 6.27. The van der Waals surface area contributed by atoms with E-state index in [0.29, 0.717) is 17.0 Å². The molecule has 0 amide bonds. The minimum atomic E-state index is -1.23. The molecule has 5 heteroatoms. The molecule has 0 radical (unpaired) electrons. The molecule has 0 saturated carbocycles. The van der Waals surface area contributed by atoms with Gasteiger partial charge in [-0.15, -0.1) is 11.3 Å². The van der Waals surface area contributed by atoms with E-state index in [9.17, 15) is 15.0 Å². The molecule has 3 rings (SSSR count). The molecule has 0 bridgehead atoms. The van der Waals surface area contributed by atoms with E-state index in [-0.39, 0.29) is 5.56 Å². The van der Waals surface area contributed by atoms with Gasteiger partial charge in [0.25, 0.3) is 0 Å². The van der Waals surface area contributed by atoms with Gasteiger partial charge in [-0.25, -0.2) is 4.79 Å². The van der Waals surface area contributed by atoms with Crippen molar-refractivity contribution in [2.24, 2.45) is 0 Å². The average Bonchev–Trinajstić information content (AvgIpc) is 3.05. The van der Waals surface area contributed by atoms with Gasteiger partial charge in [0.2, 0.25) is 0 Å². The summed E-state index contributed by atoms with van der Waals surface area (Å²) in [5, 5.41) is 22.0. The van der Waals surface area contributed by atoms with E-state index in [0.717, 1.165) is 17.5 Å². The van der Waals surface area contributed by atoms with Gasteiger partial charge >= 0.3 is 5.97 Å². The maximum atomic E-state index is 11.3. The first kappa shape index (κ1) is 13.1. The smallest absolute Gasteiger partial charge is 0.336 e. The number of thiophene rings is 1. The molecule has 1 unspecified atom stereocenters. The Hall–Kier alpha value is -1.85. The molecule has 0 saturated heterocycles. The molecule has 1 aromatic heterocycles. The maximum absolute atomic E-state index is 11.3. The Kier molecular flexibility index (Phi) is 3.03. The van der Waals surface area contributed by atoms with Crippen LogP contribution < -0.4 is 4.74 Å². The SMILES string of the molecule is COc1ccc2c(c1)C(O)(c1sccc1C(=O)O)CC2. The van der Waals surface area contributed by atoms with Crippen molar-refractivity contribution in [2.45, 2.75) is 18.4 Å². The van der Waals surface area contributed by atoms with Gasteiger partial charge in [0.15, 0.2) is 0 Å². The van der Waals surface area contributed by atoms with E-state index in [1.165, 1.54) is 11.3 Å². The second-order valence-electron chi connectivity index (χ2n) is 4.85. The molecular formula is C15H14O4S. The summed E-state index contributed by atoms with van der Waals surface area (Å²) in [6.45, 7) is 0. The van der Waals surface area contributed by atoms with Gasteiger partial charge in [0.1, 0.15) is 11.4 Å². The van der Waals surface area contributed by atoms with Crippen LogP contribution in [0.2, 0.25) is 0 Å². The average molecular weight is 290 g/mol. The lowest BCUT2D eigenvalue weighted by Crippen LogP contribution is -2.25. The monoisotopic (exact) mass is 290 g/mol. The molecule has 1 aliphatic carbocycles. The highest BCUT2D eigenvalue weighted by Gasteiger charge is 2.42. The van der Waals surface area contributed by atoms with Gasteiger partial charge in [-0.3, -0.25) is 0 Å². The second-order valence-corrected chi connectivity index (χ2v) is 5.77. The van der Waals surface area contributed by atoms with Crippen LogP contribution in [0.1, 0.15) is 32.8 Å². The van der Waals surface area contributed by atoms with Gasteiger partial charge in [-0.1, -0.05) is 6.07 Å². The Labute approximate surface area is 120 Å². The quantitative estimate of drug-likeness (QED) is 0.912. The van der Waals surface area contributed by atoms with Crippen molar-refractivity contribution in [3.8, 4) is 5.75 Å². The molecule has 20 heavy (non-hydrogen) atoms. The van der Waals surface area contributed by atoms with E-state index >= 15 is 0 Å². The Morgan fingerprint density at radius 2 is 2.20 bits per heavy atom. The number of hydrogen-bond acceptors (Lipinski definition) is 4. The summed E-state index contributed by atoms with van der Waals surface area (Å²) in [6, 6.07) is 7.13. The van der Waals surface area contributed by atoms with Crippen molar-refractivity contribution >= 4 is 17.3 Å². The van der Waals surface area contributed by atoms with Crippen molar-refractivity contribution in [3.05, 3.63) is 51.2 Å². The number of aryl methyl sites for hydroxylation is 1. The minimum Gasteiger partial charge on any atom is -0.497 e. The molecule has 1 atom stereocenters. The van der Waals surface area contributed by atoms with Crippen LogP contribution in [0.25, 0.3) is 0 Å². The third kappa shape index (κ3) is 1.82. The molecule has 2 aromatic rings. The van der Waals surface area contributed by atoms with Crippen molar-refractivity contribution in [2.75, 3.05) is 7.11 Å². The zero-order valence-corrected chi connectivity index (χ0v) is 11.7. The lowest BCUT2D eigenvalue weighted by Gasteiger charge is -2.24. The lowest BCUT2D eigenvalue weighted by molar-refractivity contribution is 0.0655. The molecule has 1 aliphatic rings. The Morgan fingerprint density at radius 3 is 2.90 bits per heavy atom. The Balaban J connectivity index is 2.16. The van der Waals surface area contributed by atoms with Gasteiger partial charge in [0.05, 0.1) is 17.6 Å². The summed E-state index contributed by atoms with van der Waals surface area (Å²) < 4.78 is 5.20. The van der Waals surface area contributed by atoms with Crippen LogP contribution in [0.15, 0.2) is 29.6 Å². The van der Waals surface area contributed by atoms with Crippen molar-refractivity contribution in [3.63, 3.8) is 0 Å². The van der Waals surface area contributed by atoms with Crippen molar-refractivity contribution < 1.29 is 19.7 Å². The number of aromatic carboxylic acids is 1. The Bertz CT molecular complexity index is 676. The number of benzene rings is 1. The maximum Gasteiger partial charge on any atom is 0.336 e. The van der Waals surface area contributed by atoms with Crippen LogP contribution in [0.5, 0.6) is 5.75 Å². The highest BCUT2D eigenvalue weighted by molar-refractivity contribution is 7.10. The summed E-state index contributed by atoms with van der Waals surface area (Å²) in [4.78, 5) is 11.8. The van der Waals surface area contributed by atoms with Gasteiger partial charge < -0.3 is 14.9 Å². The number of fused-ring (bicyclic) bond motifs is 1. The van der Waals surface area contributed by atoms with Gasteiger partial charge in [0, 0.05) is 0 Å². The number of carboxylic acid groups (broad SMARTS) is 1. The number of carbonyl (C=O) groups is 1. The van der Waals surface area contributed by atoms with E-state index < -0.39 is 11.6 Å². The van der Waals surface area contributed by atoms with Gasteiger partial charge in [-0.2, -0.15) is 0 Å². The molecule has 1 aromatic carbocycles. The van der Waals surface area contributed by atoms with Crippen LogP contribution in [0, 0.1) is 0 Å². The van der Waals surface area contributed by atoms with Crippen LogP contribution in [0.4, 0.5) is 0 Å². The number of rotatable bonds is 3. The van der Waals surface area contributed by atoms with E-state index in [1.54, 1.807) is 24.6 Å². The summed E-state index contributed by atoms with van der Waals surface area (Å²) in [7, 11) is 1.57. The number of methoxy groups -OCH3 is 1. The third-order valence-corrected chi connectivity index (χ3v) is 4.86. The molecule has 2 N–H and O–H groups in total. The lowest BCUT2D eigenvalue weighted by atomic mass is 9.91. The highest BCUT2D eigenvalue weighted by atomic mass is 32.1. The summed E-state index contributed by atoms with van der Waals surface area (Å²) in [5.41, 5.74) is 0.735. The van der Waals surface area contributed by atoms with Gasteiger partial charge in [-0.05, 0) is 47.5 Å². The molecule has 104 valence electrons. The predicted molar refractivity (Wildman–Crippen MR) is 75.6 cm³/mol. The molecule has 0 aliphatic heterocycles. The molecule has 0 spiro atoms. The highest BCUT2D eigenvalue weighted by Crippen LogP contribution is 2.46. The van der Waals surface area contributed by atoms with Crippen LogP contribution >= 0.6 is 11.3 Å². The molecule has 1 heterocycles. The van der Waals surface area contributed by atoms with E-state index in [4.69, 9.17) is 4.74 Å². The minimum absolute atomic E-state index is 0.174.